The zero-order valence-electron chi connectivity index (χ0n) is 11.6. The molecule has 1 N–H and O–H groups in total. The Labute approximate surface area is 134 Å². The van der Waals surface area contributed by atoms with Crippen molar-refractivity contribution < 1.29 is 19.4 Å². The van der Waals surface area contributed by atoms with Crippen LogP contribution in [0, 0.1) is 0 Å². The van der Waals surface area contributed by atoms with Crippen LogP contribution in [-0.2, 0) is 0 Å². The molecule has 2 aromatic rings. The van der Waals surface area contributed by atoms with Gasteiger partial charge in [-0.3, -0.25) is 0 Å². The highest BCUT2D eigenvalue weighted by molar-refractivity contribution is 9.10. The topological polar surface area (TPSA) is 68.7 Å². The molecule has 1 aromatic heterocycles. The van der Waals surface area contributed by atoms with E-state index in [2.05, 4.69) is 20.9 Å². The van der Waals surface area contributed by atoms with Gasteiger partial charge in [-0.05, 0) is 18.6 Å². The van der Waals surface area contributed by atoms with Gasteiger partial charge in [-0.2, -0.15) is 0 Å². The molecule has 5 nitrogen and oxygen atoms in total. The van der Waals surface area contributed by atoms with Gasteiger partial charge in [0.05, 0.1) is 19.3 Å². The van der Waals surface area contributed by atoms with Crippen LogP contribution in [0.15, 0.2) is 22.0 Å². The Morgan fingerprint density at radius 2 is 2.24 bits per heavy atom. The molecule has 0 radical (unpaired) electrons. The lowest BCUT2D eigenvalue weighted by atomic mass is 10.2. The normalized spacial score (nSPS) is 10.4. The third-order valence-corrected chi connectivity index (χ3v) is 3.98. The number of hydrogen-bond acceptors (Lipinski definition) is 5. The molecular formula is C14H14BrNO4S. The summed E-state index contributed by atoms with van der Waals surface area (Å²) in [5.41, 5.74) is 0.738. The molecule has 0 atom stereocenters. The second-order valence-corrected chi connectivity index (χ2v) is 5.95. The van der Waals surface area contributed by atoms with Crippen molar-refractivity contribution in [3.05, 3.63) is 27.7 Å². The predicted molar refractivity (Wildman–Crippen MR) is 84.5 cm³/mol. The van der Waals surface area contributed by atoms with Crippen LogP contribution in [0.3, 0.4) is 0 Å². The van der Waals surface area contributed by atoms with Crippen LogP contribution in [0.2, 0.25) is 0 Å². The summed E-state index contributed by atoms with van der Waals surface area (Å²) < 4.78 is 11.9. The number of aromatic carboxylic acids is 1. The van der Waals surface area contributed by atoms with E-state index in [0.29, 0.717) is 28.7 Å². The molecule has 0 unspecified atom stereocenters. The summed E-state index contributed by atoms with van der Waals surface area (Å²) in [5, 5.41) is 11.1. The highest BCUT2D eigenvalue weighted by atomic mass is 79.9. The predicted octanol–water partition coefficient (Wildman–Crippen LogP) is 4.07. The summed E-state index contributed by atoms with van der Waals surface area (Å²) in [5.74, 6) is 0.115. The van der Waals surface area contributed by atoms with E-state index in [-0.39, 0.29) is 5.69 Å². The van der Waals surface area contributed by atoms with Crippen molar-refractivity contribution in [2.75, 3.05) is 13.7 Å². The molecular weight excluding hydrogens is 358 g/mol. The molecule has 1 heterocycles. The number of carboxylic acid groups (broad SMARTS) is 1. The zero-order chi connectivity index (χ0) is 15.4. The SMILES string of the molecule is CCCOc1c(OC)cc(Br)cc1-c1nc(C(=O)O)cs1. The Kier molecular flexibility index (Phi) is 5.19. The lowest BCUT2D eigenvalue weighted by Crippen LogP contribution is -2.00. The third-order valence-electron chi connectivity index (χ3n) is 2.64. The van der Waals surface area contributed by atoms with E-state index in [1.807, 2.05) is 13.0 Å². The molecule has 1 aromatic carbocycles. The molecule has 7 heteroatoms. The number of thiazole rings is 1. The molecule has 0 amide bonds. The fourth-order valence-corrected chi connectivity index (χ4v) is 2.97. The molecule has 0 aliphatic carbocycles. The number of benzene rings is 1. The first-order valence-electron chi connectivity index (χ1n) is 6.26. The van der Waals surface area contributed by atoms with Gasteiger partial charge in [-0.25, -0.2) is 9.78 Å². The summed E-state index contributed by atoms with van der Waals surface area (Å²) in [6.45, 7) is 2.55. The first-order chi connectivity index (χ1) is 10.1. The van der Waals surface area contributed by atoms with Gasteiger partial charge in [0.25, 0.3) is 0 Å². The minimum Gasteiger partial charge on any atom is -0.493 e. The van der Waals surface area contributed by atoms with Crippen LogP contribution < -0.4 is 9.47 Å². The Hall–Kier alpha value is -1.60. The summed E-state index contributed by atoms with van der Waals surface area (Å²) >= 11 is 4.67. The Bertz CT molecular complexity index is 656. The molecule has 112 valence electrons. The molecule has 0 bridgehead atoms. The maximum atomic E-state index is 11.0. The van der Waals surface area contributed by atoms with Crippen LogP contribution >= 0.6 is 27.3 Å². The van der Waals surface area contributed by atoms with E-state index in [9.17, 15) is 4.79 Å². The van der Waals surface area contributed by atoms with Gasteiger partial charge in [0.2, 0.25) is 0 Å². The van der Waals surface area contributed by atoms with Gasteiger partial charge in [0.15, 0.2) is 17.2 Å². The minimum atomic E-state index is -1.05. The summed E-state index contributed by atoms with van der Waals surface area (Å²) in [7, 11) is 1.56. The van der Waals surface area contributed by atoms with Gasteiger partial charge in [0, 0.05) is 9.85 Å². The number of carboxylic acids is 1. The van der Waals surface area contributed by atoms with E-state index in [4.69, 9.17) is 14.6 Å². The van der Waals surface area contributed by atoms with E-state index in [1.165, 1.54) is 16.7 Å². The molecule has 21 heavy (non-hydrogen) atoms. The second kappa shape index (κ2) is 6.91. The molecule has 0 aliphatic rings. The van der Waals surface area contributed by atoms with Crippen molar-refractivity contribution >= 4 is 33.2 Å². The fraction of sp³-hybridized carbons (Fsp3) is 0.286. The van der Waals surface area contributed by atoms with Gasteiger partial charge in [-0.1, -0.05) is 22.9 Å². The van der Waals surface area contributed by atoms with Gasteiger partial charge in [0.1, 0.15) is 5.01 Å². The number of aromatic nitrogens is 1. The molecule has 0 saturated carbocycles. The second-order valence-electron chi connectivity index (χ2n) is 4.18. The lowest BCUT2D eigenvalue weighted by Gasteiger charge is -2.14. The van der Waals surface area contributed by atoms with Crippen molar-refractivity contribution in [1.82, 2.24) is 4.98 Å². The first kappa shape index (κ1) is 15.8. The fourth-order valence-electron chi connectivity index (χ4n) is 1.73. The Balaban J connectivity index is 2.53. The monoisotopic (exact) mass is 371 g/mol. The number of carbonyl (C=O) groups is 1. The maximum Gasteiger partial charge on any atom is 0.355 e. The van der Waals surface area contributed by atoms with Gasteiger partial charge >= 0.3 is 5.97 Å². The smallest absolute Gasteiger partial charge is 0.355 e. The average molecular weight is 372 g/mol. The zero-order valence-corrected chi connectivity index (χ0v) is 14.0. The molecule has 0 fully saturated rings. The number of hydrogen-bond donors (Lipinski definition) is 1. The van der Waals surface area contributed by atoms with Crippen LogP contribution in [0.5, 0.6) is 11.5 Å². The van der Waals surface area contributed by atoms with Gasteiger partial charge in [-0.15, -0.1) is 11.3 Å². The van der Waals surface area contributed by atoms with Crippen molar-refractivity contribution in [3.8, 4) is 22.1 Å². The van der Waals surface area contributed by atoms with Crippen LogP contribution in [0.25, 0.3) is 10.6 Å². The quantitative estimate of drug-likeness (QED) is 0.828. The highest BCUT2D eigenvalue weighted by Crippen LogP contribution is 2.42. The number of rotatable bonds is 6. The van der Waals surface area contributed by atoms with Crippen molar-refractivity contribution in [2.24, 2.45) is 0 Å². The van der Waals surface area contributed by atoms with Crippen LogP contribution in [0.4, 0.5) is 0 Å². The number of halogens is 1. The summed E-state index contributed by atoms with van der Waals surface area (Å²) in [4.78, 5) is 15.1. The third kappa shape index (κ3) is 3.54. The number of methoxy groups -OCH3 is 1. The van der Waals surface area contributed by atoms with E-state index in [0.717, 1.165) is 10.9 Å². The van der Waals surface area contributed by atoms with Crippen molar-refractivity contribution in [1.29, 1.82) is 0 Å². The lowest BCUT2D eigenvalue weighted by molar-refractivity contribution is 0.0691. The van der Waals surface area contributed by atoms with Crippen molar-refractivity contribution in [2.45, 2.75) is 13.3 Å². The largest absolute Gasteiger partial charge is 0.493 e. The Morgan fingerprint density at radius 1 is 1.48 bits per heavy atom. The number of nitrogens with zero attached hydrogens (tertiary/aromatic N) is 1. The van der Waals surface area contributed by atoms with Crippen LogP contribution in [-0.4, -0.2) is 29.8 Å². The molecule has 0 spiro atoms. The average Bonchev–Trinajstić information content (AvgIpc) is 2.95. The summed E-state index contributed by atoms with van der Waals surface area (Å²) in [6.07, 6.45) is 0.858. The van der Waals surface area contributed by atoms with E-state index < -0.39 is 5.97 Å². The van der Waals surface area contributed by atoms with Gasteiger partial charge < -0.3 is 14.6 Å². The molecule has 0 aliphatic heterocycles. The standard InChI is InChI=1S/C14H14BrNO4S/c1-3-4-20-12-9(5-8(15)6-11(12)19-2)13-16-10(7-21-13)14(17)18/h5-7H,3-4H2,1-2H3,(H,17,18). The highest BCUT2D eigenvalue weighted by Gasteiger charge is 2.18. The molecule has 0 saturated heterocycles. The van der Waals surface area contributed by atoms with E-state index in [1.54, 1.807) is 13.2 Å². The first-order valence-corrected chi connectivity index (χ1v) is 7.93. The van der Waals surface area contributed by atoms with Crippen molar-refractivity contribution in [3.63, 3.8) is 0 Å². The summed E-state index contributed by atoms with van der Waals surface area (Å²) in [6, 6.07) is 3.65. The number of ether oxygens (including phenoxy) is 2. The maximum absolute atomic E-state index is 11.0. The molecule has 2 rings (SSSR count). The Morgan fingerprint density at radius 3 is 2.81 bits per heavy atom. The van der Waals surface area contributed by atoms with Crippen LogP contribution in [0.1, 0.15) is 23.8 Å². The van der Waals surface area contributed by atoms with E-state index >= 15 is 0 Å². The minimum absolute atomic E-state index is 0.0235.